The Hall–Kier alpha value is -2.98. The maximum Gasteiger partial charge on any atom is 0.345 e. The van der Waals surface area contributed by atoms with Gasteiger partial charge in [-0.15, -0.1) is 11.3 Å². The van der Waals surface area contributed by atoms with Crippen LogP contribution in [0.2, 0.25) is 0 Å². The Labute approximate surface area is 151 Å². The lowest BCUT2D eigenvalue weighted by Gasteiger charge is -2.27. The predicted molar refractivity (Wildman–Crippen MR) is 96.2 cm³/mol. The number of carbonyl (C=O) groups excluding carboxylic acids is 1. The second-order valence-electron chi connectivity index (χ2n) is 5.69. The maximum atomic E-state index is 12.4. The highest BCUT2D eigenvalue weighted by Crippen LogP contribution is 2.29. The first-order valence-electron chi connectivity index (χ1n) is 7.93. The number of hydrogen-bond acceptors (Lipinski definition) is 7. The van der Waals surface area contributed by atoms with E-state index in [1.807, 2.05) is 0 Å². The molecule has 0 aromatic carbocycles. The molecule has 1 aliphatic rings. The highest BCUT2D eigenvalue weighted by molar-refractivity contribution is 7.20. The molecule has 3 aromatic rings. The maximum absolute atomic E-state index is 12.4. The number of pyridine rings is 1. The number of fused-ring (bicyclic) bond motifs is 1. The second-order valence-corrected chi connectivity index (χ2v) is 6.74. The molecular weight excluding hydrogens is 358 g/mol. The highest BCUT2D eigenvalue weighted by atomic mass is 32.1. The van der Waals surface area contributed by atoms with Crippen molar-refractivity contribution >= 4 is 45.1 Å². The van der Waals surface area contributed by atoms with Crippen molar-refractivity contribution in [1.82, 2.24) is 15.2 Å². The van der Waals surface area contributed by atoms with Gasteiger partial charge in [0.2, 0.25) is 0 Å². The summed E-state index contributed by atoms with van der Waals surface area (Å²) in [4.78, 5) is 30.7. The van der Waals surface area contributed by atoms with Crippen LogP contribution in [0.3, 0.4) is 0 Å². The van der Waals surface area contributed by atoms with Gasteiger partial charge >= 0.3 is 5.97 Å². The van der Waals surface area contributed by atoms with Crippen LogP contribution in [0.4, 0.5) is 11.6 Å². The number of morpholine rings is 1. The van der Waals surface area contributed by atoms with Gasteiger partial charge in [-0.3, -0.25) is 9.89 Å². The molecule has 0 aliphatic carbocycles. The summed E-state index contributed by atoms with van der Waals surface area (Å²) in [5.74, 6) is -0.274. The summed E-state index contributed by atoms with van der Waals surface area (Å²) in [7, 11) is 0. The Morgan fingerprint density at radius 1 is 1.31 bits per heavy atom. The average Bonchev–Trinajstić information content (AvgIpc) is 3.25. The van der Waals surface area contributed by atoms with Crippen LogP contribution in [0, 0.1) is 0 Å². The van der Waals surface area contributed by atoms with E-state index in [0.29, 0.717) is 34.8 Å². The molecule has 10 heteroatoms. The van der Waals surface area contributed by atoms with E-state index >= 15 is 0 Å². The van der Waals surface area contributed by atoms with Crippen LogP contribution in [0.5, 0.6) is 0 Å². The van der Waals surface area contributed by atoms with Gasteiger partial charge in [0.05, 0.1) is 24.2 Å². The Morgan fingerprint density at radius 3 is 2.81 bits per heavy atom. The number of carboxylic acids is 1. The molecule has 0 atom stereocenters. The van der Waals surface area contributed by atoms with Crippen LogP contribution in [0.25, 0.3) is 10.2 Å². The van der Waals surface area contributed by atoms with Crippen LogP contribution in [-0.4, -0.2) is 58.5 Å². The van der Waals surface area contributed by atoms with E-state index in [4.69, 9.17) is 9.84 Å². The van der Waals surface area contributed by atoms with E-state index in [-0.39, 0.29) is 10.8 Å². The fourth-order valence-corrected chi connectivity index (χ4v) is 3.54. The number of hydrogen-bond donors (Lipinski definition) is 3. The zero-order valence-electron chi connectivity index (χ0n) is 13.6. The largest absolute Gasteiger partial charge is 0.477 e. The van der Waals surface area contributed by atoms with Crippen molar-refractivity contribution in [2.45, 2.75) is 0 Å². The third-order valence-corrected chi connectivity index (χ3v) is 5.07. The van der Waals surface area contributed by atoms with Crippen LogP contribution < -0.4 is 10.2 Å². The van der Waals surface area contributed by atoms with E-state index in [9.17, 15) is 9.59 Å². The van der Waals surface area contributed by atoms with Crippen LogP contribution in [-0.2, 0) is 4.74 Å². The first-order valence-corrected chi connectivity index (χ1v) is 8.75. The molecule has 1 fully saturated rings. The number of rotatable bonds is 4. The Balaban J connectivity index is 1.50. The first kappa shape index (κ1) is 16.5. The molecule has 3 aromatic heterocycles. The number of nitrogens with zero attached hydrogens (tertiary/aromatic N) is 3. The van der Waals surface area contributed by atoms with Crippen molar-refractivity contribution in [2.24, 2.45) is 0 Å². The van der Waals surface area contributed by atoms with Gasteiger partial charge in [-0.05, 0) is 18.2 Å². The van der Waals surface area contributed by atoms with Crippen molar-refractivity contribution < 1.29 is 19.4 Å². The molecule has 134 valence electrons. The molecule has 0 bridgehead atoms. The summed E-state index contributed by atoms with van der Waals surface area (Å²) < 4.78 is 5.31. The lowest BCUT2D eigenvalue weighted by Crippen LogP contribution is -2.36. The molecule has 0 radical (unpaired) electrons. The zero-order chi connectivity index (χ0) is 18.1. The molecule has 4 heterocycles. The normalized spacial score (nSPS) is 14.5. The molecular formula is C16H15N5O4S. The number of nitrogens with one attached hydrogen (secondary N) is 2. The van der Waals surface area contributed by atoms with Gasteiger partial charge in [-0.1, -0.05) is 0 Å². The highest BCUT2D eigenvalue weighted by Gasteiger charge is 2.17. The fourth-order valence-electron chi connectivity index (χ4n) is 2.70. The van der Waals surface area contributed by atoms with Gasteiger partial charge in [-0.2, -0.15) is 5.10 Å². The third kappa shape index (κ3) is 3.11. The number of H-pyrrole nitrogens is 1. The average molecular weight is 373 g/mol. The minimum Gasteiger partial charge on any atom is -0.477 e. The van der Waals surface area contributed by atoms with Crippen molar-refractivity contribution in [3.8, 4) is 0 Å². The molecule has 26 heavy (non-hydrogen) atoms. The number of ether oxygens (including phenoxy) is 1. The predicted octanol–water partition coefficient (Wildman–Crippen LogP) is 1.81. The fraction of sp³-hybridized carbons (Fsp3) is 0.250. The number of carboxylic acid groups (broad SMARTS) is 1. The van der Waals surface area contributed by atoms with Crippen molar-refractivity contribution in [3.63, 3.8) is 0 Å². The number of carbonyl (C=O) groups is 2. The van der Waals surface area contributed by atoms with Gasteiger partial charge in [0, 0.05) is 19.3 Å². The van der Waals surface area contributed by atoms with Crippen molar-refractivity contribution in [1.29, 1.82) is 0 Å². The monoisotopic (exact) mass is 373 g/mol. The van der Waals surface area contributed by atoms with Crippen LogP contribution in [0.15, 0.2) is 24.4 Å². The molecule has 1 saturated heterocycles. The second kappa shape index (κ2) is 6.73. The minimum absolute atomic E-state index is 0.181. The summed E-state index contributed by atoms with van der Waals surface area (Å²) in [5, 5.41) is 19.1. The number of anilines is 2. The molecule has 1 aliphatic heterocycles. The van der Waals surface area contributed by atoms with Crippen LogP contribution >= 0.6 is 11.3 Å². The smallest absolute Gasteiger partial charge is 0.345 e. The zero-order valence-corrected chi connectivity index (χ0v) is 14.4. The van der Waals surface area contributed by atoms with Gasteiger partial charge < -0.3 is 20.1 Å². The van der Waals surface area contributed by atoms with Gasteiger partial charge in [0.15, 0.2) is 5.82 Å². The lowest BCUT2D eigenvalue weighted by atomic mass is 10.2. The molecule has 4 rings (SSSR count). The molecule has 3 N–H and O–H groups in total. The Bertz CT molecular complexity index is 959. The van der Waals surface area contributed by atoms with Gasteiger partial charge in [0.25, 0.3) is 5.91 Å². The summed E-state index contributed by atoms with van der Waals surface area (Å²) >= 11 is 1.07. The SMILES string of the molecule is O=C(Nc1n[nH]c2sc(C(=O)O)cc12)c1ccc(N2CCOCC2)nc1. The number of aromatic amines is 1. The Morgan fingerprint density at radius 2 is 2.12 bits per heavy atom. The molecule has 0 unspecified atom stereocenters. The number of thiophene rings is 1. The van der Waals surface area contributed by atoms with E-state index in [0.717, 1.165) is 30.2 Å². The third-order valence-electron chi connectivity index (χ3n) is 4.04. The van der Waals surface area contributed by atoms with Crippen LogP contribution in [0.1, 0.15) is 20.0 Å². The molecule has 0 spiro atoms. The molecule has 0 saturated carbocycles. The first-order chi connectivity index (χ1) is 12.6. The quantitative estimate of drug-likeness (QED) is 0.638. The summed E-state index contributed by atoms with van der Waals surface area (Å²) in [6.45, 7) is 2.87. The standard InChI is InChI=1S/C16H15N5O4S/c22-14(9-1-2-12(17-8-9)21-3-5-25-6-4-21)18-13-10-7-11(16(23)24)26-15(10)20-19-13/h1-2,7-8H,3-6H2,(H,23,24)(H2,18,19,20,22). The van der Waals surface area contributed by atoms with E-state index in [1.165, 1.54) is 12.3 Å². The Kier molecular flexibility index (Phi) is 4.27. The summed E-state index contributed by atoms with van der Waals surface area (Å²) in [5.41, 5.74) is 0.395. The number of aromatic carboxylic acids is 1. The number of aromatic nitrogens is 3. The topological polar surface area (TPSA) is 120 Å². The van der Waals surface area contributed by atoms with Crippen molar-refractivity contribution in [2.75, 3.05) is 36.5 Å². The van der Waals surface area contributed by atoms with Gasteiger partial charge in [-0.25, -0.2) is 9.78 Å². The van der Waals surface area contributed by atoms with E-state index in [1.54, 1.807) is 12.1 Å². The van der Waals surface area contributed by atoms with Crippen molar-refractivity contribution in [3.05, 3.63) is 34.8 Å². The lowest BCUT2D eigenvalue weighted by molar-refractivity contribution is 0.0702. The van der Waals surface area contributed by atoms with E-state index < -0.39 is 5.97 Å². The van der Waals surface area contributed by atoms with E-state index in [2.05, 4.69) is 25.4 Å². The number of amides is 1. The summed E-state index contributed by atoms with van der Waals surface area (Å²) in [6, 6.07) is 4.99. The summed E-state index contributed by atoms with van der Waals surface area (Å²) in [6.07, 6.45) is 1.51. The van der Waals surface area contributed by atoms with Gasteiger partial charge in [0.1, 0.15) is 15.5 Å². The molecule has 1 amide bonds. The molecule has 9 nitrogen and oxygen atoms in total. The minimum atomic E-state index is -1.01.